The zero-order valence-electron chi connectivity index (χ0n) is 28.2. The molecule has 0 aliphatic carbocycles. The molecule has 1 saturated heterocycles. The van der Waals surface area contributed by atoms with E-state index in [9.17, 15) is 0 Å². The Hall–Kier alpha value is -1.96. The first-order valence-corrected chi connectivity index (χ1v) is 17.5. The summed E-state index contributed by atoms with van der Waals surface area (Å²) in [5, 5.41) is 0. The summed E-state index contributed by atoms with van der Waals surface area (Å²) < 4.78 is 0. The third-order valence-corrected chi connectivity index (χ3v) is 9.46. The molecule has 2 heteroatoms. The number of hydrogen-bond donors (Lipinski definition) is 0. The average molecular weight is 561 g/mol. The normalized spacial score (nSPS) is 15.3. The van der Waals surface area contributed by atoms with Crippen LogP contribution in [-0.4, -0.2) is 19.3 Å². The van der Waals surface area contributed by atoms with E-state index in [1.54, 1.807) is 0 Å². The second-order valence-electron chi connectivity index (χ2n) is 13.6. The molecular formula is C39H64N2. The molecular weight excluding hydrogens is 496 g/mol. The van der Waals surface area contributed by atoms with Crippen LogP contribution in [0.4, 0.5) is 11.4 Å². The minimum atomic E-state index is 0.585. The fourth-order valence-corrected chi connectivity index (χ4v) is 7.60. The molecule has 1 unspecified atom stereocenters. The number of hydrogen-bond acceptors (Lipinski definition) is 2. The van der Waals surface area contributed by atoms with Crippen LogP contribution in [0.25, 0.3) is 0 Å². The van der Waals surface area contributed by atoms with Crippen molar-refractivity contribution < 1.29 is 0 Å². The van der Waals surface area contributed by atoms with Crippen molar-refractivity contribution in [2.45, 2.75) is 164 Å². The van der Waals surface area contributed by atoms with E-state index in [1.807, 2.05) is 0 Å². The standard InChI is InChI=1S/C39H64N2/c1-8-9-10-11-12-13-14-15-16-17-18-19-20-21-22-23-24-37-29-40(38-33(4)25-31(2)26-34(38)5)30-41(37)39-35(6)27-32(3)28-36(39)7/h25-28,37H,8-24,29-30H2,1-7H3. The van der Waals surface area contributed by atoms with Crippen LogP contribution in [0.5, 0.6) is 0 Å². The molecule has 2 nitrogen and oxygen atoms in total. The van der Waals surface area contributed by atoms with Crippen LogP contribution in [0, 0.1) is 41.5 Å². The summed E-state index contributed by atoms with van der Waals surface area (Å²) in [5.74, 6) is 0. The average Bonchev–Trinajstić information content (AvgIpc) is 3.30. The molecule has 0 radical (unpaired) electrons. The van der Waals surface area contributed by atoms with E-state index in [0.717, 1.165) is 13.2 Å². The van der Waals surface area contributed by atoms with Gasteiger partial charge in [-0.05, 0) is 70.2 Å². The van der Waals surface area contributed by atoms with E-state index in [1.165, 1.54) is 154 Å². The monoisotopic (exact) mass is 561 g/mol. The topological polar surface area (TPSA) is 6.48 Å². The number of anilines is 2. The van der Waals surface area contributed by atoms with Crippen LogP contribution in [0.2, 0.25) is 0 Å². The van der Waals surface area contributed by atoms with E-state index in [0.29, 0.717) is 6.04 Å². The quantitative estimate of drug-likeness (QED) is 0.158. The Morgan fingerprint density at radius 2 is 0.878 bits per heavy atom. The fourth-order valence-electron chi connectivity index (χ4n) is 7.60. The SMILES string of the molecule is CCCCCCCCCCCCCCCCCCC1CN(c2c(C)cc(C)cc2C)CN1c1c(C)cc(C)cc1C. The molecule has 1 heterocycles. The van der Waals surface area contributed by atoms with Crippen molar-refractivity contribution >= 4 is 11.4 Å². The van der Waals surface area contributed by atoms with Gasteiger partial charge in [-0.15, -0.1) is 0 Å². The predicted molar refractivity (Wildman–Crippen MR) is 184 cm³/mol. The van der Waals surface area contributed by atoms with Gasteiger partial charge < -0.3 is 9.80 Å². The van der Waals surface area contributed by atoms with Crippen molar-refractivity contribution in [3.8, 4) is 0 Å². The Bertz CT molecular complexity index is 992. The van der Waals surface area contributed by atoms with Crippen LogP contribution < -0.4 is 9.80 Å². The third-order valence-electron chi connectivity index (χ3n) is 9.46. The Labute approximate surface area is 255 Å². The van der Waals surface area contributed by atoms with Crippen LogP contribution >= 0.6 is 0 Å². The molecule has 1 atom stereocenters. The molecule has 41 heavy (non-hydrogen) atoms. The predicted octanol–water partition coefficient (Wildman–Crippen LogP) is 11.8. The Morgan fingerprint density at radius 1 is 0.512 bits per heavy atom. The molecule has 1 aliphatic rings. The molecule has 2 aromatic rings. The lowest BCUT2D eigenvalue weighted by Crippen LogP contribution is -2.32. The molecule has 1 fully saturated rings. The Balaban J connectivity index is 1.42. The molecule has 0 spiro atoms. The minimum Gasteiger partial charge on any atom is -0.351 e. The summed E-state index contributed by atoms with van der Waals surface area (Å²) in [4.78, 5) is 5.41. The third kappa shape index (κ3) is 10.7. The van der Waals surface area contributed by atoms with E-state index >= 15 is 0 Å². The first-order valence-electron chi connectivity index (χ1n) is 17.5. The summed E-state index contributed by atoms with van der Waals surface area (Å²) in [6.07, 6.45) is 24.2. The maximum absolute atomic E-state index is 2.74. The van der Waals surface area contributed by atoms with Crippen molar-refractivity contribution in [1.82, 2.24) is 0 Å². The van der Waals surface area contributed by atoms with Gasteiger partial charge in [-0.1, -0.05) is 145 Å². The zero-order chi connectivity index (χ0) is 29.6. The fraction of sp³-hybridized carbons (Fsp3) is 0.692. The number of unbranched alkanes of at least 4 members (excludes halogenated alkanes) is 15. The number of aryl methyl sites for hydroxylation is 6. The first kappa shape index (κ1) is 33.5. The van der Waals surface area contributed by atoms with Gasteiger partial charge in [0.1, 0.15) is 0 Å². The molecule has 0 aromatic heterocycles. The first-order chi connectivity index (χ1) is 19.8. The summed E-state index contributed by atoms with van der Waals surface area (Å²) in [5.41, 5.74) is 11.4. The van der Waals surface area contributed by atoms with Gasteiger partial charge in [0.25, 0.3) is 0 Å². The maximum Gasteiger partial charge on any atom is 0.0907 e. The highest BCUT2D eigenvalue weighted by Gasteiger charge is 2.33. The number of rotatable bonds is 19. The van der Waals surface area contributed by atoms with E-state index < -0.39 is 0 Å². The van der Waals surface area contributed by atoms with E-state index in [4.69, 9.17) is 0 Å². The molecule has 1 aliphatic heterocycles. The van der Waals surface area contributed by atoms with E-state index in [-0.39, 0.29) is 0 Å². The minimum absolute atomic E-state index is 0.585. The molecule has 0 amide bonds. The van der Waals surface area contributed by atoms with Gasteiger partial charge in [0.05, 0.1) is 6.67 Å². The van der Waals surface area contributed by atoms with Crippen LogP contribution in [0.1, 0.15) is 149 Å². The van der Waals surface area contributed by atoms with Gasteiger partial charge in [-0.3, -0.25) is 0 Å². The highest BCUT2D eigenvalue weighted by Crippen LogP contribution is 2.36. The molecule has 0 saturated carbocycles. The number of nitrogens with zero attached hydrogens (tertiary/aromatic N) is 2. The van der Waals surface area contributed by atoms with Gasteiger partial charge >= 0.3 is 0 Å². The van der Waals surface area contributed by atoms with Gasteiger partial charge in [0.15, 0.2) is 0 Å². The zero-order valence-corrected chi connectivity index (χ0v) is 28.2. The van der Waals surface area contributed by atoms with Crippen LogP contribution in [0.3, 0.4) is 0 Å². The Morgan fingerprint density at radius 3 is 1.29 bits per heavy atom. The summed E-state index contributed by atoms with van der Waals surface area (Å²) in [7, 11) is 0. The maximum atomic E-state index is 2.74. The van der Waals surface area contributed by atoms with Crippen molar-refractivity contribution in [2.24, 2.45) is 0 Å². The van der Waals surface area contributed by atoms with Gasteiger partial charge in [-0.2, -0.15) is 0 Å². The molecule has 2 aromatic carbocycles. The van der Waals surface area contributed by atoms with Crippen LogP contribution in [0.15, 0.2) is 24.3 Å². The molecule has 0 N–H and O–H groups in total. The van der Waals surface area contributed by atoms with Crippen molar-refractivity contribution in [1.29, 1.82) is 0 Å². The molecule has 0 bridgehead atoms. The van der Waals surface area contributed by atoms with Crippen molar-refractivity contribution in [3.05, 3.63) is 57.6 Å². The van der Waals surface area contributed by atoms with Gasteiger partial charge in [0.2, 0.25) is 0 Å². The lowest BCUT2D eigenvalue weighted by Gasteiger charge is -2.29. The second kappa shape index (κ2) is 17.9. The van der Waals surface area contributed by atoms with Crippen LogP contribution in [-0.2, 0) is 0 Å². The van der Waals surface area contributed by atoms with Crippen molar-refractivity contribution in [2.75, 3.05) is 23.0 Å². The van der Waals surface area contributed by atoms with Gasteiger partial charge in [0, 0.05) is 24.0 Å². The highest BCUT2D eigenvalue weighted by atomic mass is 15.4. The molecule has 3 rings (SSSR count). The lowest BCUT2D eigenvalue weighted by molar-refractivity contribution is 0.518. The largest absolute Gasteiger partial charge is 0.351 e. The van der Waals surface area contributed by atoms with E-state index in [2.05, 4.69) is 82.5 Å². The summed E-state index contributed by atoms with van der Waals surface area (Å²) in [6, 6.07) is 10.1. The summed E-state index contributed by atoms with van der Waals surface area (Å²) in [6.45, 7) is 18.1. The molecule has 230 valence electrons. The van der Waals surface area contributed by atoms with Crippen molar-refractivity contribution in [3.63, 3.8) is 0 Å². The Kier molecular flexibility index (Phi) is 14.6. The highest BCUT2D eigenvalue weighted by molar-refractivity contribution is 5.67. The number of benzene rings is 2. The summed E-state index contributed by atoms with van der Waals surface area (Å²) >= 11 is 0. The lowest BCUT2D eigenvalue weighted by atomic mass is 10.0. The van der Waals surface area contributed by atoms with Gasteiger partial charge in [-0.25, -0.2) is 0 Å². The second-order valence-corrected chi connectivity index (χ2v) is 13.6. The smallest absolute Gasteiger partial charge is 0.0907 e.